The summed E-state index contributed by atoms with van der Waals surface area (Å²) in [5.74, 6) is 4.25. The molecular formula is C12H19NO. The molecule has 2 nitrogen and oxygen atoms in total. The zero-order chi connectivity index (χ0) is 10.1. The summed E-state index contributed by atoms with van der Waals surface area (Å²) in [6.07, 6.45) is 2.30. The van der Waals surface area contributed by atoms with Gasteiger partial charge in [0.25, 0.3) is 0 Å². The third-order valence-electron chi connectivity index (χ3n) is 3.21. The van der Waals surface area contributed by atoms with E-state index in [1.54, 1.807) is 0 Å². The van der Waals surface area contributed by atoms with Crippen LogP contribution in [-0.2, 0) is 0 Å². The highest BCUT2D eigenvalue weighted by Crippen LogP contribution is 2.47. The molecule has 14 heavy (non-hydrogen) atoms. The maximum absolute atomic E-state index is 5.84. The van der Waals surface area contributed by atoms with Gasteiger partial charge >= 0.3 is 0 Å². The minimum atomic E-state index is 0.461. The Kier molecular flexibility index (Phi) is 2.64. The van der Waals surface area contributed by atoms with Crippen molar-refractivity contribution in [3.8, 4) is 0 Å². The highest BCUT2D eigenvalue weighted by atomic mass is 16.3. The molecule has 1 aliphatic rings. The van der Waals surface area contributed by atoms with Crippen molar-refractivity contribution in [2.24, 2.45) is 11.7 Å². The Labute approximate surface area is 85.5 Å². The Bertz CT molecular complexity index is 305. The molecule has 1 heterocycles. The predicted molar refractivity (Wildman–Crippen MR) is 57.3 cm³/mol. The van der Waals surface area contributed by atoms with Gasteiger partial charge < -0.3 is 10.2 Å². The van der Waals surface area contributed by atoms with E-state index in [-0.39, 0.29) is 0 Å². The maximum Gasteiger partial charge on any atom is 0.107 e. The standard InChI is InChI=1S/C12H19NO/c1-8(5-6-13)11-3-4-12(14-11)10-7-9(10)2/h3-4,8-10H,5-7,13H2,1-2H3. The summed E-state index contributed by atoms with van der Waals surface area (Å²) in [6, 6.07) is 4.25. The summed E-state index contributed by atoms with van der Waals surface area (Å²) in [5, 5.41) is 0. The van der Waals surface area contributed by atoms with Crippen molar-refractivity contribution < 1.29 is 4.42 Å². The van der Waals surface area contributed by atoms with E-state index in [1.807, 2.05) is 0 Å². The lowest BCUT2D eigenvalue weighted by atomic mass is 10.1. The predicted octanol–water partition coefficient (Wildman–Crippen LogP) is 2.86. The van der Waals surface area contributed by atoms with Gasteiger partial charge in [-0.05, 0) is 37.4 Å². The van der Waals surface area contributed by atoms with Crippen molar-refractivity contribution in [2.45, 2.75) is 38.5 Å². The van der Waals surface area contributed by atoms with Crippen LogP contribution in [0.5, 0.6) is 0 Å². The smallest absolute Gasteiger partial charge is 0.107 e. The highest BCUT2D eigenvalue weighted by Gasteiger charge is 2.36. The van der Waals surface area contributed by atoms with Crippen molar-refractivity contribution in [1.82, 2.24) is 0 Å². The van der Waals surface area contributed by atoms with Crippen LogP contribution in [0.4, 0.5) is 0 Å². The van der Waals surface area contributed by atoms with Gasteiger partial charge in [-0.2, -0.15) is 0 Å². The highest BCUT2D eigenvalue weighted by molar-refractivity contribution is 5.19. The zero-order valence-corrected chi connectivity index (χ0v) is 8.99. The molecular weight excluding hydrogens is 174 g/mol. The molecule has 1 aromatic heterocycles. The van der Waals surface area contributed by atoms with E-state index in [1.165, 1.54) is 12.2 Å². The molecule has 0 spiro atoms. The fourth-order valence-corrected chi connectivity index (χ4v) is 1.94. The first-order chi connectivity index (χ1) is 6.72. The third kappa shape index (κ3) is 1.85. The third-order valence-corrected chi connectivity index (χ3v) is 3.21. The first-order valence-corrected chi connectivity index (χ1v) is 5.52. The molecule has 3 unspecified atom stereocenters. The summed E-state index contributed by atoms with van der Waals surface area (Å²) in [4.78, 5) is 0. The molecule has 0 aromatic carbocycles. The molecule has 0 aliphatic heterocycles. The lowest BCUT2D eigenvalue weighted by Gasteiger charge is -2.05. The maximum atomic E-state index is 5.84. The van der Waals surface area contributed by atoms with Crippen LogP contribution in [0, 0.1) is 5.92 Å². The number of hydrogen-bond acceptors (Lipinski definition) is 2. The second kappa shape index (κ2) is 3.77. The monoisotopic (exact) mass is 193 g/mol. The van der Waals surface area contributed by atoms with Gasteiger partial charge in [0, 0.05) is 11.8 Å². The fraction of sp³-hybridized carbons (Fsp3) is 0.667. The SMILES string of the molecule is CC(CCN)c1ccc(C2CC2C)o1. The van der Waals surface area contributed by atoms with Gasteiger partial charge in [-0.25, -0.2) is 0 Å². The van der Waals surface area contributed by atoms with Crippen LogP contribution in [0.15, 0.2) is 16.5 Å². The van der Waals surface area contributed by atoms with Crippen molar-refractivity contribution >= 4 is 0 Å². The molecule has 2 N–H and O–H groups in total. The summed E-state index contributed by atoms with van der Waals surface area (Å²) in [5.41, 5.74) is 5.53. The van der Waals surface area contributed by atoms with Crippen molar-refractivity contribution in [3.05, 3.63) is 23.7 Å². The summed E-state index contributed by atoms with van der Waals surface area (Å²) in [7, 11) is 0. The second-order valence-electron chi connectivity index (χ2n) is 4.54. The molecule has 0 amide bonds. The Morgan fingerprint density at radius 3 is 2.86 bits per heavy atom. The Hall–Kier alpha value is -0.760. The topological polar surface area (TPSA) is 39.2 Å². The van der Waals surface area contributed by atoms with E-state index < -0.39 is 0 Å². The molecule has 1 saturated carbocycles. The molecule has 2 rings (SSSR count). The van der Waals surface area contributed by atoms with Crippen molar-refractivity contribution in [2.75, 3.05) is 6.54 Å². The first kappa shape index (κ1) is 9.78. The minimum absolute atomic E-state index is 0.461. The van der Waals surface area contributed by atoms with Crippen LogP contribution in [0.25, 0.3) is 0 Å². The first-order valence-electron chi connectivity index (χ1n) is 5.52. The van der Waals surface area contributed by atoms with Crippen molar-refractivity contribution in [3.63, 3.8) is 0 Å². The van der Waals surface area contributed by atoms with Crippen LogP contribution >= 0.6 is 0 Å². The molecule has 1 aliphatic carbocycles. The average Bonchev–Trinajstić information content (AvgIpc) is 2.70. The molecule has 1 aromatic rings. The summed E-state index contributed by atoms with van der Waals surface area (Å²) < 4.78 is 5.84. The molecule has 1 fully saturated rings. The van der Waals surface area contributed by atoms with Crippen LogP contribution < -0.4 is 5.73 Å². The van der Waals surface area contributed by atoms with Gasteiger partial charge in [-0.15, -0.1) is 0 Å². The van der Waals surface area contributed by atoms with Crippen LogP contribution in [0.1, 0.15) is 50.0 Å². The van der Waals surface area contributed by atoms with Crippen LogP contribution in [0.3, 0.4) is 0 Å². The van der Waals surface area contributed by atoms with Crippen molar-refractivity contribution in [1.29, 1.82) is 0 Å². The number of nitrogens with two attached hydrogens (primary N) is 1. The normalized spacial score (nSPS) is 27.6. The molecule has 3 atom stereocenters. The van der Waals surface area contributed by atoms with E-state index in [9.17, 15) is 0 Å². The minimum Gasteiger partial charge on any atom is -0.466 e. The van der Waals surface area contributed by atoms with Gasteiger partial charge in [-0.3, -0.25) is 0 Å². The van der Waals surface area contributed by atoms with E-state index in [0.29, 0.717) is 11.8 Å². The lowest BCUT2D eigenvalue weighted by molar-refractivity contribution is 0.429. The number of rotatable bonds is 4. The average molecular weight is 193 g/mol. The van der Waals surface area contributed by atoms with Gasteiger partial charge in [-0.1, -0.05) is 13.8 Å². The van der Waals surface area contributed by atoms with Gasteiger partial charge in [0.1, 0.15) is 11.5 Å². The fourth-order valence-electron chi connectivity index (χ4n) is 1.94. The molecule has 0 saturated heterocycles. The van der Waals surface area contributed by atoms with E-state index in [4.69, 9.17) is 10.2 Å². The van der Waals surface area contributed by atoms with E-state index in [2.05, 4.69) is 26.0 Å². The Balaban J connectivity index is 2.02. The van der Waals surface area contributed by atoms with Crippen LogP contribution in [-0.4, -0.2) is 6.54 Å². The Morgan fingerprint density at radius 1 is 1.57 bits per heavy atom. The lowest BCUT2D eigenvalue weighted by Crippen LogP contribution is -2.03. The van der Waals surface area contributed by atoms with Gasteiger partial charge in [0.2, 0.25) is 0 Å². The largest absolute Gasteiger partial charge is 0.466 e. The quantitative estimate of drug-likeness (QED) is 0.798. The molecule has 0 bridgehead atoms. The molecule has 2 heteroatoms. The molecule has 0 radical (unpaired) electrons. The van der Waals surface area contributed by atoms with Gasteiger partial charge in [0.05, 0.1) is 0 Å². The Morgan fingerprint density at radius 2 is 2.29 bits per heavy atom. The number of furan rings is 1. The van der Waals surface area contributed by atoms with Gasteiger partial charge in [0.15, 0.2) is 0 Å². The van der Waals surface area contributed by atoms with E-state index >= 15 is 0 Å². The summed E-state index contributed by atoms with van der Waals surface area (Å²) >= 11 is 0. The second-order valence-corrected chi connectivity index (χ2v) is 4.54. The van der Waals surface area contributed by atoms with E-state index in [0.717, 1.165) is 24.6 Å². The van der Waals surface area contributed by atoms with Crippen LogP contribution in [0.2, 0.25) is 0 Å². The zero-order valence-electron chi connectivity index (χ0n) is 8.99. The molecule has 78 valence electrons. The summed E-state index contributed by atoms with van der Waals surface area (Å²) in [6.45, 7) is 5.18. The number of hydrogen-bond donors (Lipinski definition) is 1.